The molecular formula is C14H18O3. The van der Waals surface area contributed by atoms with Gasteiger partial charge in [-0.05, 0) is 37.5 Å². The topological polar surface area (TPSA) is 43.4 Å². The van der Waals surface area contributed by atoms with E-state index in [0.29, 0.717) is 12.2 Å². The zero-order valence-corrected chi connectivity index (χ0v) is 10.6. The molecule has 1 rings (SSSR count). The number of carbonyl (C=O) groups is 2. The van der Waals surface area contributed by atoms with Gasteiger partial charge in [0.1, 0.15) is 5.78 Å². The summed E-state index contributed by atoms with van der Waals surface area (Å²) in [5.41, 5.74) is 2.35. The molecule has 0 heterocycles. The second-order valence-electron chi connectivity index (χ2n) is 3.90. The normalized spacial score (nSPS) is 10.1. The van der Waals surface area contributed by atoms with Crippen LogP contribution in [0.2, 0.25) is 0 Å². The molecule has 17 heavy (non-hydrogen) atoms. The number of ketones is 1. The van der Waals surface area contributed by atoms with Gasteiger partial charge in [0, 0.05) is 6.42 Å². The van der Waals surface area contributed by atoms with Gasteiger partial charge in [-0.3, -0.25) is 4.79 Å². The lowest BCUT2D eigenvalue weighted by Crippen LogP contribution is -2.12. The van der Waals surface area contributed by atoms with Crippen LogP contribution in [-0.2, 0) is 22.4 Å². The third-order valence-corrected chi connectivity index (χ3v) is 2.58. The van der Waals surface area contributed by atoms with E-state index < -0.39 is 0 Å². The largest absolute Gasteiger partial charge is 0.462 e. The number of ether oxygens (including phenoxy) is 1. The maximum absolute atomic E-state index is 11.8. The number of carbonyl (C=O) groups excluding carboxylic acids is 2. The van der Waals surface area contributed by atoms with Crippen molar-refractivity contribution in [2.24, 2.45) is 0 Å². The standard InChI is InChI=1S/C14H18O3/c1-4-11-7-6-8-12(14(16)17-5-2)13(11)9-10(3)15/h6-8H,4-5,9H2,1-3H3. The summed E-state index contributed by atoms with van der Waals surface area (Å²) < 4.78 is 5.00. The summed E-state index contributed by atoms with van der Waals surface area (Å²) in [6.45, 7) is 5.65. The quantitative estimate of drug-likeness (QED) is 0.735. The SMILES string of the molecule is CCOC(=O)c1cccc(CC)c1CC(C)=O. The molecule has 92 valence electrons. The number of Topliss-reactive ketones (excluding diaryl/α,β-unsaturated/α-hetero) is 1. The first kappa shape index (κ1) is 13.4. The molecule has 0 N–H and O–H groups in total. The van der Waals surface area contributed by atoms with E-state index in [1.807, 2.05) is 19.1 Å². The predicted molar refractivity (Wildman–Crippen MR) is 66.2 cm³/mol. The average molecular weight is 234 g/mol. The van der Waals surface area contributed by atoms with Crippen LogP contribution in [0.25, 0.3) is 0 Å². The minimum Gasteiger partial charge on any atom is -0.462 e. The van der Waals surface area contributed by atoms with Crippen LogP contribution in [0.1, 0.15) is 42.3 Å². The smallest absolute Gasteiger partial charge is 0.338 e. The highest BCUT2D eigenvalue weighted by Gasteiger charge is 2.16. The van der Waals surface area contributed by atoms with Crippen molar-refractivity contribution in [1.29, 1.82) is 0 Å². The Bertz CT molecular complexity index is 421. The molecule has 1 aromatic rings. The molecule has 0 aromatic heterocycles. The van der Waals surface area contributed by atoms with Crippen molar-refractivity contribution in [3.63, 3.8) is 0 Å². The summed E-state index contributed by atoms with van der Waals surface area (Å²) in [5, 5.41) is 0. The van der Waals surface area contributed by atoms with Crippen molar-refractivity contribution >= 4 is 11.8 Å². The number of esters is 1. The fourth-order valence-corrected chi connectivity index (χ4v) is 1.82. The minimum absolute atomic E-state index is 0.0523. The van der Waals surface area contributed by atoms with Gasteiger partial charge in [0.25, 0.3) is 0 Å². The maximum atomic E-state index is 11.8. The first-order valence-corrected chi connectivity index (χ1v) is 5.87. The molecule has 3 nitrogen and oxygen atoms in total. The second-order valence-corrected chi connectivity index (χ2v) is 3.90. The zero-order valence-electron chi connectivity index (χ0n) is 10.6. The van der Waals surface area contributed by atoms with Crippen LogP contribution in [0.15, 0.2) is 18.2 Å². The third kappa shape index (κ3) is 3.41. The van der Waals surface area contributed by atoms with Crippen LogP contribution >= 0.6 is 0 Å². The highest BCUT2D eigenvalue weighted by Crippen LogP contribution is 2.18. The summed E-state index contributed by atoms with van der Waals surface area (Å²) in [6.07, 6.45) is 1.09. The van der Waals surface area contributed by atoms with E-state index >= 15 is 0 Å². The molecular weight excluding hydrogens is 216 g/mol. The van der Waals surface area contributed by atoms with Gasteiger partial charge in [-0.1, -0.05) is 19.1 Å². The van der Waals surface area contributed by atoms with E-state index in [1.165, 1.54) is 6.92 Å². The first-order valence-electron chi connectivity index (χ1n) is 5.87. The Balaban J connectivity index is 3.18. The van der Waals surface area contributed by atoms with Gasteiger partial charge < -0.3 is 4.74 Å². The minimum atomic E-state index is -0.348. The van der Waals surface area contributed by atoms with Crippen molar-refractivity contribution in [2.45, 2.75) is 33.6 Å². The van der Waals surface area contributed by atoms with Crippen LogP contribution in [-0.4, -0.2) is 18.4 Å². The Morgan fingerprint density at radius 1 is 1.24 bits per heavy atom. The van der Waals surface area contributed by atoms with E-state index in [-0.39, 0.29) is 18.2 Å². The van der Waals surface area contributed by atoms with E-state index in [9.17, 15) is 9.59 Å². The molecule has 0 atom stereocenters. The molecule has 0 aliphatic carbocycles. The molecule has 1 aromatic carbocycles. The summed E-state index contributed by atoms with van der Waals surface area (Å²) in [6, 6.07) is 5.49. The Morgan fingerprint density at radius 3 is 2.47 bits per heavy atom. The van der Waals surface area contributed by atoms with Gasteiger partial charge in [0.15, 0.2) is 0 Å². The number of hydrogen-bond donors (Lipinski definition) is 0. The monoisotopic (exact) mass is 234 g/mol. The van der Waals surface area contributed by atoms with Crippen molar-refractivity contribution < 1.29 is 14.3 Å². The maximum Gasteiger partial charge on any atom is 0.338 e. The second kappa shape index (κ2) is 6.18. The molecule has 0 spiro atoms. The van der Waals surface area contributed by atoms with E-state index in [0.717, 1.165) is 17.5 Å². The summed E-state index contributed by atoms with van der Waals surface area (Å²) in [5.74, 6) is -0.296. The lowest BCUT2D eigenvalue weighted by molar-refractivity contribution is -0.116. The summed E-state index contributed by atoms with van der Waals surface area (Å²) >= 11 is 0. The Labute approximate surface area is 102 Å². The van der Waals surface area contributed by atoms with Gasteiger partial charge in [-0.2, -0.15) is 0 Å². The average Bonchev–Trinajstić information content (AvgIpc) is 2.28. The van der Waals surface area contributed by atoms with Crippen LogP contribution in [0.3, 0.4) is 0 Å². The van der Waals surface area contributed by atoms with Gasteiger partial charge in [-0.25, -0.2) is 4.79 Å². The molecule has 0 aliphatic rings. The Morgan fingerprint density at radius 2 is 1.94 bits per heavy atom. The van der Waals surface area contributed by atoms with Crippen LogP contribution < -0.4 is 0 Å². The third-order valence-electron chi connectivity index (χ3n) is 2.58. The van der Waals surface area contributed by atoms with E-state index in [4.69, 9.17) is 4.74 Å². The Kier molecular flexibility index (Phi) is 4.88. The fourth-order valence-electron chi connectivity index (χ4n) is 1.82. The molecule has 0 amide bonds. The summed E-state index contributed by atoms with van der Waals surface area (Å²) in [4.78, 5) is 23.0. The molecule has 0 saturated heterocycles. The van der Waals surface area contributed by atoms with Crippen LogP contribution in [0.4, 0.5) is 0 Å². The van der Waals surface area contributed by atoms with Crippen LogP contribution in [0, 0.1) is 0 Å². The zero-order chi connectivity index (χ0) is 12.8. The first-order chi connectivity index (χ1) is 8.10. The highest BCUT2D eigenvalue weighted by molar-refractivity contribution is 5.93. The van der Waals surface area contributed by atoms with Crippen molar-refractivity contribution in [3.05, 3.63) is 34.9 Å². The predicted octanol–water partition coefficient (Wildman–Crippen LogP) is 2.56. The van der Waals surface area contributed by atoms with Gasteiger partial charge >= 0.3 is 5.97 Å². The van der Waals surface area contributed by atoms with E-state index in [1.54, 1.807) is 13.0 Å². The van der Waals surface area contributed by atoms with Crippen LogP contribution in [0.5, 0.6) is 0 Å². The Hall–Kier alpha value is -1.64. The molecule has 0 unspecified atom stereocenters. The molecule has 0 bridgehead atoms. The number of aryl methyl sites for hydroxylation is 1. The number of rotatable bonds is 5. The van der Waals surface area contributed by atoms with Crippen molar-refractivity contribution in [1.82, 2.24) is 0 Å². The van der Waals surface area contributed by atoms with Gasteiger partial charge in [-0.15, -0.1) is 0 Å². The van der Waals surface area contributed by atoms with Crippen molar-refractivity contribution in [3.8, 4) is 0 Å². The fraction of sp³-hybridized carbons (Fsp3) is 0.429. The number of hydrogen-bond acceptors (Lipinski definition) is 3. The number of benzene rings is 1. The molecule has 0 radical (unpaired) electrons. The highest BCUT2D eigenvalue weighted by atomic mass is 16.5. The lowest BCUT2D eigenvalue weighted by atomic mass is 9.95. The molecule has 3 heteroatoms. The van der Waals surface area contributed by atoms with E-state index in [2.05, 4.69) is 0 Å². The lowest BCUT2D eigenvalue weighted by Gasteiger charge is -2.11. The molecule has 0 fully saturated rings. The van der Waals surface area contributed by atoms with Crippen molar-refractivity contribution in [2.75, 3.05) is 6.61 Å². The van der Waals surface area contributed by atoms with Gasteiger partial charge in [0.05, 0.1) is 12.2 Å². The molecule has 0 aliphatic heterocycles. The van der Waals surface area contributed by atoms with Gasteiger partial charge in [0.2, 0.25) is 0 Å². The molecule has 0 saturated carbocycles. The summed E-state index contributed by atoms with van der Waals surface area (Å²) in [7, 11) is 0.